The van der Waals surface area contributed by atoms with Gasteiger partial charge >= 0.3 is 5.97 Å². The molecular weight excluding hydrogens is 899 g/mol. The van der Waals surface area contributed by atoms with Crippen LogP contribution in [-0.2, 0) is 14.3 Å². The molecule has 0 aromatic carbocycles. The predicted molar refractivity (Wildman–Crippen MR) is 320 cm³/mol. The van der Waals surface area contributed by atoms with Gasteiger partial charge in [0.15, 0.2) is 0 Å². The van der Waals surface area contributed by atoms with Gasteiger partial charge < -0.3 is 20.3 Å². The molecule has 0 rings (SSSR count). The van der Waals surface area contributed by atoms with Crippen LogP contribution in [0.15, 0.2) is 24.3 Å². The smallest absolute Gasteiger partial charge is 0.305 e. The molecule has 0 aliphatic heterocycles. The maximum absolute atomic E-state index is 12.4. The third-order valence-electron chi connectivity index (χ3n) is 15.5. The minimum atomic E-state index is -0.839. The van der Waals surface area contributed by atoms with Crippen LogP contribution in [0.4, 0.5) is 0 Å². The van der Waals surface area contributed by atoms with Crippen molar-refractivity contribution in [3.05, 3.63) is 24.3 Å². The summed E-state index contributed by atoms with van der Waals surface area (Å²) in [4.78, 5) is 24.5. The van der Waals surface area contributed by atoms with Crippen LogP contribution in [0, 0.1) is 0 Å². The summed E-state index contributed by atoms with van der Waals surface area (Å²) in [7, 11) is 0. The first-order valence-corrected chi connectivity index (χ1v) is 33.1. The molecule has 0 aromatic heterocycles. The van der Waals surface area contributed by atoms with E-state index in [1.165, 1.54) is 295 Å². The maximum Gasteiger partial charge on any atom is 0.305 e. The largest absolute Gasteiger partial charge is 0.466 e. The summed E-state index contributed by atoms with van der Waals surface area (Å²) in [6, 6.07) is -0.622. The van der Waals surface area contributed by atoms with E-state index < -0.39 is 12.1 Å². The van der Waals surface area contributed by atoms with E-state index in [0.29, 0.717) is 19.4 Å². The molecule has 0 aromatic rings. The second-order valence-corrected chi connectivity index (χ2v) is 22.8. The van der Waals surface area contributed by atoms with Gasteiger partial charge in [0, 0.05) is 12.8 Å². The molecule has 0 bridgehead atoms. The number of amides is 1. The van der Waals surface area contributed by atoms with Gasteiger partial charge in [-0.1, -0.05) is 321 Å². The average molecular weight is 1030 g/mol. The molecule has 1 amide bonds. The summed E-state index contributed by atoms with van der Waals surface area (Å²) in [5, 5.41) is 23.0. The van der Waals surface area contributed by atoms with Gasteiger partial charge in [-0.25, -0.2) is 0 Å². The van der Waals surface area contributed by atoms with E-state index in [9.17, 15) is 19.8 Å². The molecule has 0 spiro atoms. The zero-order valence-electron chi connectivity index (χ0n) is 49.4. The molecule has 3 N–H and O–H groups in total. The predicted octanol–water partition coefficient (Wildman–Crippen LogP) is 21.0. The molecule has 6 heteroatoms. The van der Waals surface area contributed by atoms with Crippen LogP contribution in [0.25, 0.3) is 0 Å². The van der Waals surface area contributed by atoms with Crippen molar-refractivity contribution in [3.8, 4) is 0 Å². The van der Waals surface area contributed by atoms with Gasteiger partial charge in [0.2, 0.25) is 5.91 Å². The highest BCUT2D eigenvalue weighted by molar-refractivity contribution is 5.76. The fourth-order valence-electron chi connectivity index (χ4n) is 10.4. The summed E-state index contributed by atoms with van der Waals surface area (Å²) < 4.78 is 5.48. The second kappa shape index (κ2) is 62.9. The number of carbonyl (C=O) groups is 2. The van der Waals surface area contributed by atoms with Crippen LogP contribution in [0.2, 0.25) is 0 Å². The maximum atomic E-state index is 12.4. The van der Waals surface area contributed by atoms with Crippen molar-refractivity contribution < 1.29 is 24.5 Å². The number of hydrogen-bond acceptors (Lipinski definition) is 5. The minimum absolute atomic E-state index is 0.0119. The van der Waals surface area contributed by atoms with E-state index in [0.717, 1.165) is 44.9 Å². The van der Waals surface area contributed by atoms with Gasteiger partial charge in [0.05, 0.1) is 25.4 Å². The summed E-state index contributed by atoms with van der Waals surface area (Å²) in [6.07, 6.45) is 78.3. The van der Waals surface area contributed by atoms with Crippen LogP contribution in [-0.4, -0.2) is 47.4 Å². The van der Waals surface area contributed by atoms with Gasteiger partial charge in [-0.3, -0.25) is 9.59 Å². The number of carbonyl (C=O) groups excluding carboxylic acids is 2. The summed E-state index contributed by atoms with van der Waals surface area (Å²) in [5.74, 6) is -0.0515. The number of aliphatic hydroxyl groups is 2. The number of aliphatic hydroxyl groups excluding tert-OH is 2. The fraction of sp³-hybridized carbons (Fsp3) is 0.910. The number of allylic oxidation sites excluding steroid dienone is 3. The second-order valence-electron chi connectivity index (χ2n) is 22.8. The Morgan fingerprint density at radius 3 is 0.986 bits per heavy atom. The number of ether oxygens (including phenoxy) is 1. The Balaban J connectivity index is 3.31. The van der Waals surface area contributed by atoms with E-state index in [2.05, 4.69) is 31.3 Å². The Hall–Kier alpha value is -1.66. The standard InChI is InChI=1S/C67H129NO5/c1-3-5-7-9-11-13-15-36-41-45-49-53-57-61-67(72)73-62-58-54-50-46-42-38-35-33-31-29-27-25-23-21-19-17-16-18-20-22-24-26-28-30-32-34-37-40-44-48-52-56-60-66(71)68-64(63-69)65(70)59-55-51-47-43-39-14-12-10-8-6-4-2/h13,15,55,59,64-65,69-70H,3-12,14,16-54,56-58,60-63H2,1-2H3,(H,68,71)/b15-13-,59-55+. The van der Waals surface area contributed by atoms with Crippen molar-refractivity contribution in [2.45, 2.75) is 379 Å². The highest BCUT2D eigenvalue weighted by Gasteiger charge is 2.18. The van der Waals surface area contributed by atoms with Crippen molar-refractivity contribution >= 4 is 11.9 Å². The van der Waals surface area contributed by atoms with Crippen molar-refractivity contribution in [1.82, 2.24) is 5.32 Å². The first-order chi connectivity index (χ1) is 36.0. The molecule has 2 atom stereocenters. The van der Waals surface area contributed by atoms with Gasteiger partial charge in [-0.05, 0) is 57.8 Å². The summed E-state index contributed by atoms with van der Waals surface area (Å²) in [6.45, 7) is 4.90. The van der Waals surface area contributed by atoms with Crippen LogP contribution in [0.3, 0.4) is 0 Å². The number of esters is 1. The lowest BCUT2D eigenvalue weighted by molar-refractivity contribution is -0.143. The van der Waals surface area contributed by atoms with Crippen LogP contribution in [0.1, 0.15) is 367 Å². The molecule has 432 valence electrons. The molecular formula is C67H129NO5. The van der Waals surface area contributed by atoms with E-state index in [1.807, 2.05) is 6.08 Å². The lowest BCUT2D eigenvalue weighted by Gasteiger charge is -2.20. The topological polar surface area (TPSA) is 95.9 Å². The molecule has 0 aliphatic carbocycles. The highest BCUT2D eigenvalue weighted by atomic mass is 16.5. The van der Waals surface area contributed by atoms with Crippen LogP contribution < -0.4 is 5.32 Å². The Kier molecular flexibility index (Phi) is 61.4. The third kappa shape index (κ3) is 59.4. The Labute approximate surface area is 456 Å². The van der Waals surface area contributed by atoms with E-state index in [-0.39, 0.29) is 18.5 Å². The number of unbranched alkanes of at least 4 members (excludes halogenated alkanes) is 49. The van der Waals surface area contributed by atoms with Gasteiger partial charge in [-0.2, -0.15) is 0 Å². The SMILES string of the molecule is CCCCCC/C=C\CCCCCCCC(=O)OCCCCCCCCCCCCCCCCCCCCCCCCCCCCCCCCCCC(=O)NC(CO)C(O)/C=C/CCCCCCCCCCC. The number of rotatable bonds is 62. The first-order valence-electron chi connectivity index (χ1n) is 33.1. The van der Waals surface area contributed by atoms with Crippen LogP contribution in [0.5, 0.6) is 0 Å². The van der Waals surface area contributed by atoms with E-state index in [1.54, 1.807) is 6.08 Å². The molecule has 0 heterocycles. The van der Waals surface area contributed by atoms with Crippen LogP contribution >= 0.6 is 0 Å². The lowest BCUT2D eigenvalue weighted by atomic mass is 10.0. The van der Waals surface area contributed by atoms with Crippen molar-refractivity contribution in [2.24, 2.45) is 0 Å². The Morgan fingerprint density at radius 1 is 0.370 bits per heavy atom. The molecule has 2 unspecified atom stereocenters. The Morgan fingerprint density at radius 2 is 0.644 bits per heavy atom. The van der Waals surface area contributed by atoms with E-state index >= 15 is 0 Å². The van der Waals surface area contributed by atoms with Crippen molar-refractivity contribution in [1.29, 1.82) is 0 Å². The molecule has 0 saturated heterocycles. The highest BCUT2D eigenvalue weighted by Crippen LogP contribution is 2.18. The molecule has 0 radical (unpaired) electrons. The van der Waals surface area contributed by atoms with Gasteiger partial charge in [-0.15, -0.1) is 0 Å². The summed E-state index contributed by atoms with van der Waals surface area (Å²) >= 11 is 0. The molecule has 73 heavy (non-hydrogen) atoms. The molecule has 6 nitrogen and oxygen atoms in total. The van der Waals surface area contributed by atoms with Crippen molar-refractivity contribution in [2.75, 3.05) is 13.2 Å². The Bertz CT molecular complexity index is 1140. The summed E-state index contributed by atoms with van der Waals surface area (Å²) in [5.41, 5.74) is 0. The average Bonchev–Trinajstić information content (AvgIpc) is 3.39. The monoisotopic (exact) mass is 1030 g/mol. The van der Waals surface area contributed by atoms with Crippen molar-refractivity contribution in [3.63, 3.8) is 0 Å². The number of nitrogens with one attached hydrogen (secondary N) is 1. The fourth-order valence-corrected chi connectivity index (χ4v) is 10.4. The normalized spacial score (nSPS) is 12.7. The lowest BCUT2D eigenvalue weighted by Crippen LogP contribution is -2.45. The van der Waals surface area contributed by atoms with Gasteiger partial charge in [0.25, 0.3) is 0 Å². The molecule has 0 aliphatic rings. The number of hydrogen-bond donors (Lipinski definition) is 3. The van der Waals surface area contributed by atoms with Gasteiger partial charge in [0.1, 0.15) is 0 Å². The molecule has 0 saturated carbocycles. The zero-order valence-corrected chi connectivity index (χ0v) is 49.4. The quantitative estimate of drug-likeness (QED) is 0.0320. The first kappa shape index (κ1) is 71.3. The zero-order chi connectivity index (χ0) is 52.9. The third-order valence-corrected chi connectivity index (χ3v) is 15.5. The molecule has 0 fully saturated rings. The minimum Gasteiger partial charge on any atom is -0.466 e. The van der Waals surface area contributed by atoms with E-state index in [4.69, 9.17) is 4.74 Å².